The van der Waals surface area contributed by atoms with Gasteiger partial charge in [-0.2, -0.15) is 4.37 Å². The van der Waals surface area contributed by atoms with Gasteiger partial charge in [0.2, 0.25) is 5.13 Å². The van der Waals surface area contributed by atoms with Crippen molar-refractivity contribution in [2.75, 3.05) is 5.32 Å². The van der Waals surface area contributed by atoms with Crippen LogP contribution < -0.4 is 5.32 Å². The Morgan fingerprint density at radius 1 is 1.38 bits per heavy atom. The summed E-state index contributed by atoms with van der Waals surface area (Å²) in [6.07, 6.45) is 6.60. The summed E-state index contributed by atoms with van der Waals surface area (Å²) in [6.45, 7) is 2.15. The van der Waals surface area contributed by atoms with Gasteiger partial charge in [0.25, 0.3) is 0 Å². The van der Waals surface area contributed by atoms with Crippen molar-refractivity contribution >= 4 is 28.3 Å². The van der Waals surface area contributed by atoms with Gasteiger partial charge in [0.1, 0.15) is 5.82 Å². The van der Waals surface area contributed by atoms with E-state index in [1.54, 1.807) is 0 Å². The fourth-order valence-corrected chi connectivity index (χ4v) is 2.95. The minimum absolute atomic E-state index is 0.378. The third-order valence-corrected chi connectivity index (χ3v) is 4.05. The van der Waals surface area contributed by atoms with Crippen LogP contribution in [0.4, 0.5) is 5.13 Å². The van der Waals surface area contributed by atoms with Crippen molar-refractivity contribution in [2.24, 2.45) is 0 Å². The number of nitrogens with one attached hydrogen (secondary N) is 1. The Labute approximate surface area is 106 Å². The molecule has 1 aromatic rings. The van der Waals surface area contributed by atoms with Crippen LogP contribution in [0.5, 0.6) is 0 Å². The van der Waals surface area contributed by atoms with Crippen LogP contribution in [0, 0.1) is 0 Å². The molecule has 5 heteroatoms. The molecule has 1 N–H and O–H groups in total. The van der Waals surface area contributed by atoms with Crippen LogP contribution in [0.2, 0.25) is 0 Å². The first-order valence-corrected chi connectivity index (χ1v) is 7.22. The first-order chi connectivity index (χ1) is 7.78. The van der Waals surface area contributed by atoms with Crippen molar-refractivity contribution in [1.82, 2.24) is 9.36 Å². The molecule has 0 aliphatic heterocycles. The van der Waals surface area contributed by atoms with E-state index in [4.69, 9.17) is 11.6 Å². The summed E-state index contributed by atoms with van der Waals surface area (Å²) in [4.78, 5) is 4.48. The van der Waals surface area contributed by atoms with Crippen LogP contribution in [-0.4, -0.2) is 20.8 Å². The second kappa shape index (κ2) is 5.82. The summed E-state index contributed by atoms with van der Waals surface area (Å²) in [7, 11) is 0. The number of alkyl halides is 1. The molecule has 0 aromatic carbocycles. The summed E-state index contributed by atoms with van der Waals surface area (Å²) < 4.78 is 4.33. The smallest absolute Gasteiger partial charge is 0.202 e. The van der Waals surface area contributed by atoms with Crippen molar-refractivity contribution in [3.05, 3.63) is 5.82 Å². The molecule has 1 aliphatic carbocycles. The molecule has 1 saturated carbocycles. The summed E-state index contributed by atoms with van der Waals surface area (Å²) >= 11 is 7.56. The van der Waals surface area contributed by atoms with E-state index >= 15 is 0 Å². The van der Waals surface area contributed by atoms with E-state index in [9.17, 15) is 0 Å². The van der Waals surface area contributed by atoms with E-state index in [0.717, 1.165) is 49.5 Å². The van der Waals surface area contributed by atoms with Crippen LogP contribution in [0.1, 0.15) is 44.9 Å². The zero-order chi connectivity index (χ0) is 11.4. The first-order valence-electron chi connectivity index (χ1n) is 6.01. The molecule has 0 radical (unpaired) electrons. The highest BCUT2D eigenvalue weighted by molar-refractivity contribution is 7.09. The topological polar surface area (TPSA) is 37.8 Å². The molecule has 0 saturated heterocycles. The van der Waals surface area contributed by atoms with Crippen molar-refractivity contribution in [1.29, 1.82) is 0 Å². The second-order valence-electron chi connectivity index (χ2n) is 4.36. The van der Waals surface area contributed by atoms with Gasteiger partial charge < -0.3 is 5.32 Å². The van der Waals surface area contributed by atoms with Crippen LogP contribution in [-0.2, 0) is 6.42 Å². The summed E-state index contributed by atoms with van der Waals surface area (Å²) in [6, 6.07) is 0.539. The van der Waals surface area contributed by atoms with E-state index in [0.29, 0.717) is 11.4 Å². The fraction of sp³-hybridized carbons (Fsp3) is 0.818. The quantitative estimate of drug-likeness (QED) is 0.842. The van der Waals surface area contributed by atoms with Gasteiger partial charge in [0.15, 0.2) is 0 Å². The Bertz CT molecular complexity index is 321. The van der Waals surface area contributed by atoms with Gasteiger partial charge in [-0.3, -0.25) is 0 Å². The molecule has 0 unspecified atom stereocenters. The molecule has 0 amide bonds. The molecule has 0 spiro atoms. The Morgan fingerprint density at radius 2 is 2.12 bits per heavy atom. The lowest BCUT2D eigenvalue weighted by molar-refractivity contribution is 0.468. The molecule has 16 heavy (non-hydrogen) atoms. The van der Waals surface area contributed by atoms with Crippen molar-refractivity contribution < 1.29 is 0 Å². The lowest BCUT2D eigenvalue weighted by Crippen LogP contribution is -2.26. The lowest BCUT2D eigenvalue weighted by atomic mass is 9.95. The number of aromatic nitrogens is 2. The molecule has 0 atom stereocenters. The Hall–Kier alpha value is -0.350. The molecule has 3 nitrogen and oxygen atoms in total. The third kappa shape index (κ3) is 3.32. The molecular formula is C11H18ClN3S. The molecule has 1 aliphatic rings. The highest BCUT2D eigenvalue weighted by Gasteiger charge is 2.20. The average molecular weight is 260 g/mol. The molecule has 1 aromatic heterocycles. The average Bonchev–Trinajstić information content (AvgIpc) is 2.70. The predicted octanol–water partition coefficient (Wildman–Crippen LogP) is 3.45. The van der Waals surface area contributed by atoms with E-state index in [2.05, 4.69) is 21.6 Å². The number of anilines is 1. The van der Waals surface area contributed by atoms with Gasteiger partial charge in [-0.05, 0) is 32.1 Å². The van der Waals surface area contributed by atoms with E-state index in [1.165, 1.54) is 11.5 Å². The van der Waals surface area contributed by atoms with Gasteiger partial charge in [-0.25, -0.2) is 4.98 Å². The highest BCUT2D eigenvalue weighted by atomic mass is 35.5. The Morgan fingerprint density at radius 3 is 2.81 bits per heavy atom. The zero-order valence-corrected chi connectivity index (χ0v) is 11.2. The third-order valence-electron chi connectivity index (χ3n) is 2.93. The summed E-state index contributed by atoms with van der Waals surface area (Å²) in [5.41, 5.74) is 0. The van der Waals surface area contributed by atoms with Gasteiger partial charge in [-0.1, -0.05) is 6.92 Å². The Balaban J connectivity index is 1.83. The van der Waals surface area contributed by atoms with Gasteiger partial charge >= 0.3 is 0 Å². The van der Waals surface area contributed by atoms with Gasteiger partial charge in [-0.15, -0.1) is 11.6 Å². The molecular weight excluding hydrogens is 242 g/mol. The molecule has 1 heterocycles. The van der Waals surface area contributed by atoms with Crippen molar-refractivity contribution in [3.8, 4) is 0 Å². The van der Waals surface area contributed by atoms with E-state index in [-0.39, 0.29) is 0 Å². The molecule has 1 fully saturated rings. The predicted molar refractivity (Wildman–Crippen MR) is 69.4 cm³/mol. The largest absolute Gasteiger partial charge is 0.358 e. The fourth-order valence-electron chi connectivity index (χ4n) is 2.01. The monoisotopic (exact) mass is 259 g/mol. The van der Waals surface area contributed by atoms with Crippen LogP contribution in [0.25, 0.3) is 0 Å². The second-order valence-corrected chi connectivity index (χ2v) is 5.73. The maximum Gasteiger partial charge on any atom is 0.202 e. The molecule has 90 valence electrons. The number of rotatable bonds is 4. The molecule has 0 bridgehead atoms. The minimum Gasteiger partial charge on any atom is -0.358 e. The van der Waals surface area contributed by atoms with Crippen molar-refractivity contribution in [3.63, 3.8) is 0 Å². The number of hydrogen-bond donors (Lipinski definition) is 1. The van der Waals surface area contributed by atoms with E-state index < -0.39 is 0 Å². The van der Waals surface area contributed by atoms with Crippen LogP contribution in [0.3, 0.4) is 0 Å². The maximum absolute atomic E-state index is 6.08. The number of halogens is 1. The lowest BCUT2D eigenvalue weighted by Gasteiger charge is -2.25. The summed E-state index contributed by atoms with van der Waals surface area (Å²) in [5.74, 6) is 0.973. The molecule has 2 rings (SSSR count). The summed E-state index contributed by atoms with van der Waals surface area (Å²) in [5, 5.41) is 4.82. The van der Waals surface area contributed by atoms with Crippen LogP contribution >= 0.6 is 23.1 Å². The van der Waals surface area contributed by atoms with Crippen LogP contribution in [0.15, 0.2) is 0 Å². The van der Waals surface area contributed by atoms with Crippen molar-refractivity contribution in [2.45, 2.75) is 56.9 Å². The Kier molecular flexibility index (Phi) is 4.41. The standard InChI is InChI=1S/C11H18ClN3S/c1-2-3-10-14-11(16-15-10)13-9-6-4-8(12)5-7-9/h8-9H,2-7H2,1H3,(H,13,14,15). The van der Waals surface area contributed by atoms with Gasteiger partial charge in [0.05, 0.1) is 0 Å². The SMILES string of the molecule is CCCc1nsc(NC2CCC(Cl)CC2)n1. The zero-order valence-electron chi connectivity index (χ0n) is 9.58. The highest BCUT2D eigenvalue weighted by Crippen LogP contribution is 2.25. The number of nitrogens with zero attached hydrogens (tertiary/aromatic N) is 2. The van der Waals surface area contributed by atoms with E-state index in [1.807, 2.05) is 0 Å². The van der Waals surface area contributed by atoms with Gasteiger partial charge in [0, 0.05) is 29.4 Å². The maximum atomic E-state index is 6.08. The first kappa shape index (κ1) is 12.1. The number of hydrogen-bond acceptors (Lipinski definition) is 4. The minimum atomic E-state index is 0.378. The normalized spacial score (nSPS) is 25.6. The number of aryl methyl sites for hydroxylation is 1.